The summed E-state index contributed by atoms with van der Waals surface area (Å²) in [5, 5.41) is 5.60. The van der Waals surface area contributed by atoms with E-state index in [0.717, 1.165) is 31.9 Å². The molecule has 1 heterocycles. The van der Waals surface area contributed by atoms with Crippen LogP contribution in [0.3, 0.4) is 0 Å². The third kappa shape index (κ3) is 5.29. The molecule has 0 atom stereocenters. The molecule has 7 heteroatoms. The van der Waals surface area contributed by atoms with Crippen molar-refractivity contribution in [2.24, 2.45) is 0 Å². The number of nitrogens with one attached hydrogen (secondary N) is 2. The van der Waals surface area contributed by atoms with E-state index in [9.17, 15) is 14.0 Å². The molecule has 1 fully saturated rings. The molecule has 2 aromatic rings. The summed E-state index contributed by atoms with van der Waals surface area (Å²) in [4.78, 5) is 28.5. The van der Waals surface area contributed by atoms with E-state index in [4.69, 9.17) is 0 Å². The van der Waals surface area contributed by atoms with Gasteiger partial charge in [0.1, 0.15) is 5.82 Å². The van der Waals surface area contributed by atoms with E-state index in [1.165, 1.54) is 12.1 Å². The highest BCUT2D eigenvalue weighted by atomic mass is 19.1. The van der Waals surface area contributed by atoms with Gasteiger partial charge in [-0.1, -0.05) is 6.07 Å². The molecule has 0 saturated carbocycles. The molecular weight excluding hydrogens is 359 g/mol. The van der Waals surface area contributed by atoms with E-state index < -0.39 is 0 Å². The Balaban J connectivity index is 1.49. The Kier molecular flexibility index (Phi) is 6.60. The summed E-state index contributed by atoms with van der Waals surface area (Å²) in [5.41, 5.74) is 2.12. The minimum Gasteiger partial charge on any atom is -0.369 e. The van der Waals surface area contributed by atoms with E-state index >= 15 is 0 Å². The molecule has 0 bridgehead atoms. The van der Waals surface area contributed by atoms with Crippen LogP contribution in [0.25, 0.3) is 0 Å². The summed E-state index contributed by atoms with van der Waals surface area (Å²) < 4.78 is 13.1. The minimum atomic E-state index is -0.240. The number of carbonyl (C=O) groups excluding carboxylic acids is 2. The Morgan fingerprint density at radius 1 is 1.04 bits per heavy atom. The van der Waals surface area contributed by atoms with Crippen LogP contribution in [-0.4, -0.2) is 56.0 Å². The van der Waals surface area contributed by atoms with Crippen molar-refractivity contribution in [2.45, 2.75) is 6.92 Å². The topological polar surface area (TPSA) is 64.7 Å². The van der Waals surface area contributed by atoms with Crippen LogP contribution in [0.5, 0.6) is 0 Å². The van der Waals surface area contributed by atoms with Crippen LogP contribution >= 0.6 is 0 Å². The van der Waals surface area contributed by atoms with Gasteiger partial charge in [-0.3, -0.25) is 14.5 Å². The molecule has 6 nitrogen and oxygen atoms in total. The van der Waals surface area contributed by atoms with Crippen molar-refractivity contribution >= 4 is 23.2 Å². The van der Waals surface area contributed by atoms with Crippen LogP contribution in [0.2, 0.25) is 0 Å². The van der Waals surface area contributed by atoms with Crippen molar-refractivity contribution < 1.29 is 14.0 Å². The van der Waals surface area contributed by atoms with Gasteiger partial charge in [-0.2, -0.15) is 0 Å². The number of nitrogens with zero attached hydrogens (tertiary/aromatic N) is 2. The Bertz CT molecular complexity index is 817. The predicted molar refractivity (Wildman–Crippen MR) is 108 cm³/mol. The highest BCUT2D eigenvalue weighted by Crippen LogP contribution is 2.17. The number of carbonyl (C=O) groups is 2. The van der Waals surface area contributed by atoms with Crippen LogP contribution in [0.15, 0.2) is 48.5 Å². The zero-order valence-corrected chi connectivity index (χ0v) is 16.0. The van der Waals surface area contributed by atoms with Gasteiger partial charge in [-0.15, -0.1) is 0 Å². The minimum absolute atomic E-state index is 0.108. The second kappa shape index (κ2) is 9.32. The number of benzene rings is 2. The number of anilines is 2. The summed E-state index contributed by atoms with van der Waals surface area (Å²) in [7, 11) is 0. The molecule has 0 radical (unpaired) electrons. The molecule has 2 N–H and O–H groups in total. The number of hydrogen-bond acceptors (Lipinski definition) is 4. The van der Waals surface area contributed by atoms with Crippen LogP contribution in [0, 0.1) is 5.82 Å². The molecule has 2 aromatic carbocycles. The Labute approximate surface area is 164 Å². The Morgan fingerprint density at radius 2 is 1.75 bits per heavy atom. The first-order chi connectivity index (χ1) is 13.5. The fourth-order valence-electron chi connectivity index (χ4n) is 3.22. The van der Waals surface area contributed by atoms with Gasteiger partial charge in [-0.25, -0.2) is 4.39 Å². The molecule has 0 aliphatic carbocycles. The van der Waals surface area contributed by atoms with Crippen LogP contribution < -0.4 is 15.5 Å². The maximum Gasteiger partial charge on any atom is 0.251 e. The fourth-order valence-corrected chi connectivity index (χ4v) is 3.22. The van der Waals surface area contributed by atoms with Crippen molar-refractivity contribution in [2.75, 3.05) is 49.5 Å². The highest BCUT2D eigenvalue weighted by Gasteiger charge is 2.19. The van der Waals surface area contributed by atoms with Gasteiger partial charge in [0.15, 0.2) is 0 Å². The first-order valence-electron chi connectivity index (χ1n) is 9.46. The normalized spacial score (nSPS) is 14.6. The largest absolute Gasteiger partial charge is 0.369 e. The molecule has 3 rings (SSSR count). The van der Waals surface area contributed by atoms with Gasteiger partial charge in [-0.05, 0) is 49.4 Å². The lowest BCUT2D eigenvalue weighted by Gasteiger charge is -2.35. The zero-order chi connectivity index (χ0) is 19.9. The summed E-state index contributed by atoms with van der Waals surface area (Å²) in [5.74, 6) is -0.505. The number of rotatable bonds is 6. The maximum atomic E-state index is 13.1. The smallest absolute Gasteiger partial charge is 0.251 e. The van der Waals surface area contributed by atoms with Gasteiger partial charge in [0, 0.05) is 49.7 Å². The molecular formula is C21H25FN4O2. The van der Waals surface area contributed by atoms with Crippen LogP contribution in [0.4, 0.5) is 15.8 Å². The summed E-state index contributed by atoms with van der Waals surface area (Å²) >= 11 is 0. The predicted octanol–water partition coefficient (Wildman–Crippen LogP) is 2.34. The summed E-state index contributed by atoms with van der Waals surface area (Å²) in [6.07, 6.45) is 0. The van der Waals surface area contributed by atoms with E-state index in [1.807, 2.05) is 6.92 Å². The monoisotopic (exact) mass is 384 g/mol. The lowest BCUT2D eigenvalue weighted by atomic mass is 10.2. The van der Waals surface area contributed by atoms with E-state index in [0.29, 0.717) is 24.3 Å². The van der Waals surface area contributed by atoms with Crippen molar-refractivity contribution in [3.05, 3.63) is 59.9 Å². The van der Waals surface area contributed by atoms with Gasteiger partial charge >= 0.3 is 0 Å². The second-order valence-electron chi connectivity index (χ2n) is 6.73. The molecule has 0 aromatic heterocycles. The van der Waals surface area contributed by atoms with E-state index in [2.05, 4.69) is 20.4 Å². The van der Waals surface area contributed by atoms with Gasteiger partial charge < -0.3 is 15.5 Å². The summed E-state index contributed by atoms with van der Waals surface area (Å²) in [6.45, 7) is 5.78. The van der Waals surface area contributed by atoms with Crippen LogP contribution in [0.1, 0.15) is 17.3 Å². The van der Waals surface area contributed by atoms with Crippen molar-refractivity contribution in [1.82, 2.24) is 10.2 Å². The number of amides is 2. The third-order valence-electron chi connectivity index (χ3n) is 4.68. The van der Waals surface area contributed by atoms with Crippen molar-refractivity contribution in [3.8, 4) is 0 Å². The molecule has 1 saturated heterocycles. The molecule has 1 aliphatic rings. The first-order valence-corrected chi connectivity index (χ1v) is 9.46. The zero-order valence-electron chi connectivity index (χ0n) is 16.0. The van der Waals surface area contributed by atoms with E-state index in [1.54, 1.807) is 36.4 Å². The van der Waals surface area contributed by atoms with Gasteiger partial charge in [0.05, 0.1) is 6.54 Å². The SMILES string of the molecule is CCNC(=O)c1cccc(NC(=O)CN2CCN(c3ccc(F)cc3)CC2)c1. The number of halogens is 1. The average Bonchev–Trinajstić information content (AvgIpc) is 2.69. The fraction of sp³-hybridized carbons (Fsp3) is 0.333. The summed E-state index contributed by atoms with van der Waals surface area (Å²) in [6, 6.07) is 13.4. The van der Waals surface area contributed by atoms with Crippen molar-refractivity contribution in [3.63, 3.8) is 0 Å². The van der Waals surface area contributed by atoms with Crippen molar-refractivity contribution in [1.29, 1.82) is 0 Å². The molecule has 28 heavy (non-hydrogen) atoms. The maximum absolute atomic E-state index is 13.1. The third-order valence-corrected chi connectivity index (χ3v) is 4.68. The molecule has 1 aliphatic heterocycles. The highest BCUT2D eigenvalue weighted by molar-refractivity contribution is 5.97. The molecule has 0 spiro atoms. The molecule has 148 valence electrons. The van der Waals surface area contributed by atoms with Gasteiger partial charge in [0.2, 0.25) is 5.91 Å². The second-order valence-corrected chi connectivity index (χ2v) is 6.73. The number of piperazine rings is 1. The lowest BCUT2D eigenvalue weighted by Crippen LogP contribution is -2.48. The molecule has 0 unspecified atom stereocenters. The Morgan fingerprint density at radius 3 is 2.43 bits per heavy atom. The van der Waals surface area contributed by atoms with Crippen LogP contribution in [-0.2, 0) is 4.79 Å². The van der Waals surface area contributed by atoms with E-state index in [-0.39, 0.29) is 17.6 Å². The molecule has 2 amide bonds. The first kappa shape index (κ1) is 19.8. The quantitative estimate of drug-likeness (QED) is 0.802. The lowest BCUT2D eigenvalue weighted by molar-refractivity contribution is -0.117. The Hall–Kier alpha value is -2.93. The standard InChI is InChI=1S/C21H25FN4O2/c1-2-23-21(28)16-4-3-5-18(14-16)24-20(27)15-25-10-12-26(13-11-25)19-8-6-17(22)7-9-19/h3-9,14H,2,10-13,15H2,1H3,(H,23,28)(H,24,27). The van der Waals surface area contributed by atoms with Gasteiger partial charge in [0.25, 0.3) is 5.91 Å². The number of hydrogen-bond donors (Lipinski definition) is 2. The average molecular weight is 384 g/mol.